The summed E-state index contributed by atoms with van der Waals surface area (Å²) in [5, 5.41) is 10.5. The number of thioether (sulfide) groups is 1. The second-order valence-corrected chi connectivity index (χ2v) is 6.17. The second kappa shape index (κ2) is 6.19. The van der Waals surface area contributed by atoms with E-state index in [1.807, 2.05) is 19.9 Å². The van der Waals surface area contributed by atoms with Crippen LogP contribution in [0.4, 0.5) is 0 Å². The molecule has 0 saturated heterocycles. The molecule has 4 heteroatoms. The summed E-state index contributed by atoms with van der Waals surface area (Å²) in [5.41, 5.74) is 2.01. The molecular weight excluding hydrogens is 242 g/mol. The van der Waals surface area contributed by atoms with Crippen LogP contribution in [0.3, 0.4) is 0 Å². The van der Waals surface area contributed by atoms with Gasteiger partial charge >= 0.3 is 0 Å². The van der Waals surface area contributed by atoms with Gasteiger partial charge in [0.15, 0.2) is 5.16 Å². The maximum absolute atomic E-state index is 9.27. The molecule has 2 atom stereocenters. The Kier molecular flexibility index (Phi) is 4.60. The monoisotopic (exact) mass is 261 g/mol. The Balaban J connectivity index is 2.13. The zero-order valence-electron chi connectivity index (χ0n) is 11.0. The van der Waals surface area contributed by atoms with Crippen molar-refractivity contribution in [1.29, 1.82) is 5.26 Å². The van der Waals surface area contributed by atoms with Crippen molar-refractivity contribution in [3.8, 4) is 6.07 Å². The van der Waals surface area contributed by atoms with Gasteiger partial charge in [0.2, 0.25) is 0 Å². The molecule has 1 heterocycles. The van der Waals surface area contributed by atoms with Gasteiger partial charge in [0.25, 0.3) is 0 Å². The van der Waals surface area contributed by atoms with Gasteiger partial charge in [-0.2, -0.15) is 5.26 Å². The molecule has 1 aromatic heterocycles. The Labute approximate surface area is 113 Å². The van der Waals surface area contributed by atoms with E-state index in [1.165, 1.54) is 19.3 Å². The van der Waals surface area contributed by atoms with Gasteiger partial charge in [-0.15, -0.1) is 0 Å². The van der Waals surface area contributed by atoms with Crippen LogP contribution in [0.1, 0.15) is 43.5 Å². The van der Waals surface area contributed by atoms with Crippen LogP contribution < -0.4 is 0 Å². The van der Waals surface area contributed by atoms with E-state index in [4.69, 9.17) is 0 Å². The van der Waals surface area contributed by atoms with Gasteiger partial charge in [-0.25, -0.2) is 9.97 Å². The first-order chi connectivity index (χ1) is 8.69. The number of hydrogen-bond donors (Lipinski definition) is 0. The highest BCUT2D eigenvalue weighted by molar-refractivity contribution is 7.99. The maximum Gasteiger partial charge on any atom is 0.188 e. The molecular formula is C14H19N3S. The smallest absolute Gasteiger partial charge is 0.188 e. The largest absolute Gasteiger partial charge is 0.228 e. The number of nitrogens with zero attached hydrogens (tertiary/aromatic N) is 3. The lowest BCUT2D eigenvalue weighted by Gasteiger charge is -2.17. The van der Waals surface area contributed by atoms with E-state index in [1.54, 1.807) is 11.8 Å². The van der Waals surface area contributed by atoms with Crippen molar-refractivity contribution < 1.29 is 0 Å². The molecule has 1 aromatic rings. The summed E-state index contributed by atoms with van der Waals surface area (Å²) in [4.78, 5) is 8.94. The molecule has 0 spiro atoms. The predicted molar refractivity (Wildman–Crippen MR) is 73.3 cm³/mol. The number of aromatic nitrogens is 2. The average molecular weight is 261 g/mol. The molecule has 1 fully saturated rings. The third-order valence-corrected chi connectivity index (χ3v) is 4.60. The highest BCUT2D eigenvalue weighted by Crippen LogP contribution is 2.34. The summed E-state index contributed by atoms with van der Waals surface area (Å²) in [6, 6.07) is 4.45. The van der Waals surface area contributed by atoms with Crippen LogP contribution in [0.25, 0.3) is 0 Å². The Morgan fingerprint density at radius 2 is 1.83 bits per heavy atom. The molecule has 0 aromatic carbocycles. The summed E-state index contributed by atoms with van der Waals surface area (Å²) < 4.78 is 0. The predicted octanol–water partition coefficient (Wildman–Crippen LogP) is 3.66. The lowest BCUT2D eigenvalue weighted by Crippen LogP contribution is -2.14. The summed E-state index contributed by atoms with van der Waals surface area (Å²) in [5.74, 6) is 0.155. The fourth-order valence-corrected chi connectivity index (χ4v) is 3.75. The summed E-state index contributed by atoms with van der Waals surface area (Å²) in [7, 11) is 0. The zero-order chi connectivity index (χ0) is 13.0. The lowest BCUT2D eigenvalue weighted by molar-refractivity contribution is 0.584. The molecule has 1 aliphatic carbocycles. The summed E-state index contributed by atoms with van der Waals surface area (Å²) >= 11 is 1.69. The standard InChI is InChI=1S/C14H19N3S/c1-10-8-11(2)17-14(16-10)18-13-7-5-3-4-6-12(13)9-15/h8,12-13H,3-7H2,1-2H3. The van der Waals surface area contributed by atoms with Crippen molar-refractivity contribution in [2.75, 3.05) is 0 Å². The van der Waals surface area contributed by atoms with Crippen molar-refractivity contribution in [3.05, 3.63) is 17.5 Å². The molecule has 0 amide bonds. The first-order valence-electron chi connectivity index (χ1n) is 6.57. The first kappa shape index (κ1) is 13.4. The molecule has 2 unspecified atom stereocenters. The van der Waals surface area contributed by atoms with Crippen LogP contribution in [0.5, 0.6) is 0 Å². The van der Waals surface area contributed by atoms with Gasteiger partial charge in [-0.1, -0.05) is 31.0 Å². The Morgan fingerprint density at radius 3 is 2.50 bits per heavy atom. The van der Waals surface area contributed by atoms with E-state index in [9.17, 15) is 5.26 Å². The summed E-state index contributed by atoms with van der Waals surface area (Å²) in [6.45, 7) is 3.99. The molecule has 0 bridgehead atoms. The summed E-state index contributed by atoms with van der Waals surface area (Å²) in [6.07, 6.45) is 5.80. The van der Waals surface area contributed by atoms with E-state index in [0.717, 1.165) is 29.4 Å². The molecule has 0 N–H and O–H groups in total. The topological polar surface area (TPSA) is 49.6 Å². The third-order valence-electron chi connectivity index (χ3n) is 3.34. The molecule has 18 heavy (non-hydrogen) atoms. The minimum atomic E-state index is 0.155. The Hall–Kier alpha value is -1.08. The van der Waals surface area contributed by atoms with Crippen LogP contribution in [-0.2, 0) is 0 Å². The quantitative estimate of drug-likeness (QED) is 0.602. The van der Waals surface area contributed by atoms with Crippen molar-refractivity contribution in [1.82, 2.24) is 9.97 Å². The Morgan fingerprint density at radius 1 is 1.17 bits per heavy atom. The van der Waals surface area contributed by atoms with Crippen molar-refractivity contribution in [2.24, 2.45) is 5.92 Å². The van der Waals surface area contributed by atoms with Gasteiger partial charge in [0.05, 0.1) is 12.0 Å². The fraction of sp³-hybridized carbons (Fsp3) is 0.643. The van der Waals surface area contributed by atoms with Crippen molar-refractivity contribution in [3.63, 3.8) is 0 Å². The van der Waals surface area contributed by atoms with Crippen LogP contribution in [0.15, 0.2) is 11.2 Å². The van der Waals surface area contributed by atoms with Gasteiger partial charge in [-0.3, -0.25) is 0 Å². The van der Waals surface area contributed by atoms with E-state index in [-0.39, 0.29) is 5.92 Å². The Bertz CT molecular complexity index is 433. The van der Waals surface area contributed by atoms with Crippen LogP contribution in [0, 0.1) is 31.1 Å². The molecule has 1 saturated carbocycles. The molecule has 96 valence electrons. The third kappa shape index (κ3) is 3.46. The van der Waals surface area contributed by atoms with Gasteiger partial charge < -0.3 is 0 Å². The van der Waals surface area contributed by atoms with Gasteiger partial charge in [-0.05, 0) is 32.8 Å². The van der Waals surface area contributed by atoms with E-state index >= 15 is 0 Å². The molecule has 0 radical (unpaired) electrons. The molecule has 0 aliphatic heterocycles. The number of hydrogen-bond acceptors (Lipinski definition) is 4. The molecule has 1 aliphatic rings. The SMILES string of the molecule is Cc1cc(C)nc(SC2CCCCCC2C#N)n1. The number of aryl methyl sites for hydroxylation is 2. The minimum Gasteiger partial charge on any atom is -0.228 e. The fourth-order valence-electron chi connectivity index (χ4n) is 2.44. The van der Waals surface area contributed by atoms with Crippen molar-refractivity contribution >= 4 is 11.8 Å². The van der Waals surface area contributed by atoms with E-state index in [0.29, 0.717) is 5.25 Å². The van der Waals surface area contributed by atoms with Crippen LogP contribution in [-0.4, -0.2) is 15.2 Å². The first-order valence-corrected chi connectivity index (χ1v) is 7.45. The maximum atomic E-state index is 9.27. The van der Waals surface area contributed by atoms with Gasteiger partial charge in [0, 0.05) is 16.6 Å². The highest BCUT2D eigenvalue weighted by Gasteiger charge is 2.25. The van der Waals surface area contributed by atoms with Crippen molar-refractivity contribution in [2.45, 2.75) is 56.4 Å². The van der Waals surface area contributed by atoms with Crippen LogP contribution >= 0.6 is 11.8 Å². The lowest BCUT2D eigenvalue weighted by atomic mass is 10.0. The molecule has 3 nitrogen and oxygen atoms in total. The molecule has 2 rings (SSSR count). The van der Waals surface area contributed by atoms with E-state index < -0.39 is 0 Å². The number of rotatable bonds is 2. The van der Waals surface area contributed by atoms with Gasteiger partial charge in [0.1, 0.15) is 0 Å². The normalized spacial score (nSPS) is 24.3. The second-order valence-electron chi connectivity index (χ2n) is 4.96. The number of nitriles is 1. The van der Waals surface area contributed by atoms with Crippen LogP contribution in [0.2, 0.25) is 0 Å². The van der Waals surface area contributed by atoms with E-state index in [2.05, 4.69) is 16.0 Å². The zero-order valence-corrected chi connectivity index (χ0v) is 11.8. The minimum absolute atomic E-state index is 0.155. The highest BCUT2D eigenvalue weighted by atomic mass is 32.2. The average Bonchev–Trinajstić information content (AvgIpc) is 2.52.